The van der Waals surface area contributed by atoms with E-state index in [0.717, 1.165) is 44.6 Å². The van der Waals surface area contributed by atoms with Gasteiger partial charge in [-0.3, -0.25) is 14.5 Å². The molecule has 146 valence electrons. The fraction of sp³-hybridized carbons (Fsp3) is 0.500. The van der Waals surface area contributed by atoms with Crippen LogP contribution in [0.15, 0.2) is 35.3 Å². The maximum atomic E-state index is 12.8. The molecule has 1 saturated carbocycles. The SMILES string of the molecule is O=C(c1cnc(C2CC2)[nH]c1=O)N1CCN([C@H]2CCc3ccccc3C2)CC1. The predicted octanol–water partition coefficient (Wildman–Crippen LogP) is 1.96. The maximum Gasteiger partial charge on any atom is 0.263 e. The number of carbonyl (C=O) groups is 1. The zero-order valence-corrected chi connectivity index (χ0v) is 16.1. The van der Waals surface area contributed by atoms with Crippen molar-refractivity contribution >= 4 is 5.91 Å². The first-order valence-electron chi connectivity index (χ1n) is 10.4. The molecular formula is C22H26N4O2. The van der Waals surface area contributed by atoms with Crippen molar-refractivity contribution in [2.75, 3.05) is 26.2 Å². The molecule has 6 nitrogen and oxygen atoms in total. The molecular weight excluding hydrogens is 352 g/mol. The van der Waals surface area contributed by atoms with Gasteiger partial charge in [0, 0.05) is 44.3 Å². The summed E-state index contributed by atoms with van der Waals surface area (Å²) in [6, 6.07) is 9.28. The minimum atomic E-state index is -0.298. The quantitative estimate of drug-likeness (QED) is 0.887. The van der Waals surface area contributed by atoms with Gasteiger partial charge in [-0.1, -0.05) is 24.3 Å². The largest absolute Gasteiger partial charge is 0.336 e. The molecule has 2 aromatic rings. The fourth-order valence-electron chi connectivity index (χ4n) is 4.58. The molecule has 5 rings (SSSR count). The number of aromatic amines is 1. The average Bonchev–Trinajstić information content (AvgIpc) is 3.58. The summed E-state index contributed by atoms with van der Waals surface area (Å²) in [6.45, 7) is 3.07. The lowest BCUT2D eigenvalue weighted by molar-refractivity contribution is 0.0551. The van der Waals surface area contributed by atoms with Crippen LogP contribution in [-0.4, -0.2) is 57.9 Å². The van der Waals surface area contributed by atoms with Gasteiger partial charge >= 0.3 is 0 Å². The van der Waals surface area contributed by atoms with Crippen LogP contribution >= 0.6 is 0 Å². The second kappa shape index (κ2) is 7.17. The molecule has 2 heterocycles. The number of nitrogens with zero attached hydrogens (tertiary/aromatic N) is 3. The lowest BCUT2D eigenvalue weighted by atomic mass is 9.87. The third-order valence-electron chi connectivity index (χ3n) is 6.45. The zero-order valence-electron chi connectivity index (χ0n) is 16.1. The van der Waals surface area contributed by atoms with Crippen molar-refractivity contribution in [2.45, 2.75) is 44.1 Å². The highest BCUT2D eigenvalue weighted by atomic mass is 16.2. The van der Waals surface area contributed by atoms with Gasteiger partial charge in [0.15, 0.2) is 0 Å². The number of fused-ring (bicyclic) bond motifs is 1. The Labute approximate surface area is 164 Å². The smallest absolute Gasteiger partial charge is 0.263 e. The van der Waals surface area contributed by atoms with Crippen LogP contribution in [0, 0.1) is 0 Å². The Kier molecular flexibility index (Phi) is 4.51. The first-order valence-corrected chi connectivity index (χ1v) is 10.4. The number of benzene rings is 1. The lowest BCUT2D eigenvalue weighted by Gasteiger charge is -2.41. The number of carbonyl (C=O) groups excluding carboxylic acids is 1. The third kappa shape index (κ3) is 3.37. The number of amides is 1. The summed E-state index contributed by atoms with van der Waals surface area (Å²) >= 11 is 0. The van der Waals surface area contributed by atoms with Crippen molar-refractivity contribution in [3.8, 4) is 0 Å². The van der Waals surface area contributed by atoms with Crippen LogP contribution in [0.1, 0.15) is 52.5 Å². The Morgan fingerprint density at radius 2 is 1.79 bits per heavy atom. The molecule has 0 radical (unpaired) electrons. The van der Waals surface area contributed by atoms with E-state index in [1.165, 1.54) is 23.7 Å². The highest BCUT2D eigenvalue weighted by molar-refractivity contribution is 5.93. The zero-order chi connectivity index (χ0) is 19.1. The van der Waals surface area contributed by atoms with E-state index >= 15 is 0 Å². The Hall–Kier alpha value is -2.47. The molecule has 28 heavy (non-hydrogen) atoms. The number of piperazine rings is 1. The van der Waals surface area contributed by atoms with Gasteiger partial charge in [0.2, 0.25) is 0 Å². The molecule has 2 aliphatic carbocycles. The summed E-state index contributed by atoms with van der Waals surface area (Å²) in [4.78, 5) is 36.6. The van der Waals surface area contributed by atoms with E-state index in [0.29, 0.717) is 25.0 Å². The first kappa shape index (κ1) is 17.6. The molecule has 1 N–H and O–H groups in total. The molecule has 0 unspecified atom stereocenters. The molecule has 3 aliphatic rings. The molecule has 0 bridgehead atoms. The van der Waals surface area contributed by atoms with Gasteiger partial charge in [0.05, 0.1) is 0 Å². The van der Waals surface area contributed by atoms with E-state index in [9.17, 15) is 9.59 Å². The first-order chi connectivity index (χ1) is 13.7. The highest BCUT2D eigenvalue weighted by Gasteiger charge is 2.31. The second-order valence-electron chi connectivity index (χ2n) is 8.28. The van der Waals surface area contributed by atoms with Gasteiger partial charge < -0.3 is 9.88 Å². The normalized spacial score (nSPS) is 22.7. The van der Waals surface area contributed by atoms with Gasteiger partial charge in [-0.05, 0) is 43.2 Å². The van der Waals surface area contributed by atoms with E-state index in [-0.39, 0.29) is 17.0 Å². The van der Waals surface area contributed by atoms with Crippen molar-refractivity contribution in [2.24, 2.45) is 0 Å². The van der Waals surface area contributed by atoms with Gasteiger partial charge in [-0.2, -0.15) is 0 Å². The highest BCUT2D eigenvalue weighted by Crippen LogP contribution is 2.37. The monoisotopic (exact) mass is 378 g/mol. The fourth-order valence-corrected chi connectivity index (χ4v) is 4.58. The van der Waals surface area contributed by atoms with E-state index < -0.39 is 0 Å². The van der Waals surface area contributed by atoms with Gasteiger partial charge in [0.1, 0.15) is 11.4 Å². The summed E-state index contributed by atoms with van der Waals surface area (Å²) in [6.07, 6.45) is 7.02. The van der Waals surface area contributed by atoms with Crippen LogP contribution in [0.2, 0.25) is 0 Å². The standard InChI is InChI=1S/C22H26N4O2/c27-21-19(14-23-20(24-21)16-5-6-16)22(28)26-11-9-25(10-12-26)18-8-7-15-3-1-2-4-17(15)13-18/h1-4,14,16,18H,5-13H2,(H,23,24,27)/t18-/m0/s1. The Morgan fingerprint density at radius 1 is 1.04 bits per heavy atom. The number of aryl methyl sites for hydroxylation is 1. The van der Waals surface area contributed by atoms with Crippen LogP contribution in [0.5, 0.6) is 0 Å². The van der Waals surface area contributed by atoms with Crippen LogP contribution in [0.3, 0.4) is 0 Å². The molecule has 1 amide bonds. The van der Waals surface area contributed by atoms with Crippen molar-refractivity contribution in [1.29, 1.82) is 0 Å². The topological polar surface area (TPSA) is 69.3 Å². The Morgan fingerprint density at radius 3 is 2.50 bits per heavy atom. The third-order valence-corrected chi connectivity index (χ3v) is 6.45. The molecule has 1 saturated heterocycles. The molecule has 1 atom stereocenters. The molecule has 1 aromatic heterocycles. The number of hydrogen-bond acceptors (Lipinski definition) is 4. The number of rotatable bonds is 3. The van der Waals surface area contributed by atoms with E-state index in [1.807, 2.05) is 0 Å². The summed E-state index contributed by atoms with van der Waals surface area (Å²) in [5, 5.41) is 0. The Balaban J connectivity index is 1.21. The number of aromatic nitrogens is 2. The van der Waals surface area contributed by atoms with Crippen molar-refractivity contribution < 1.29 is 4.79 Å². The minimum Gasteiger partial charge on any atom is -0.336 e. The van der Waals surface area contributed by atoms with Gasteiger partial charge in [-0.25, -0.2) is 4.98 Å². The number of hydrogen-bond donors (Lipinski definition) is 1. The summed E-state index contributed by atoms with van der Waals surface area (Å²) in [5.41, 5.74) is 2.82. The molecule has 6 heteroatoms. The van der Waals surface area contributed by atoms with Crippen LogP contribution in [-0.2, 0) is 12.8 Å². The van der Waals surface area contributed by atoms with Crippen LogP contribution < -0.4 is 5.56 Å². The van der Waals surface area contributed by atoms with E-state index in [1.54, 1.807) is 4.90 Å². The predicted molar refractivity (Wildman–Crippen MR) is 107 cm³/mol. The average molecular weight is 378 g/mol. The summed E-state index contributed by atoms with van der Waals surface area (Å²) in [7, 11) is 0. The molecule has 0 spiro atoms. The number of nitrogens with one attached hydrogen (secondary N) is 1. The second-order valence-corrected chi connectivity index (χ2v) is 8.28. The van der Waals surface area contributed by atoms with Crippen molar-refractivity contribution in [3.63, 3.8) is 0 Å². The molecule has 2 fully saturated rings. The van der Waals surface area contributed by atoms with Gasteiger partial charge in [-0.15, -0.1) is 0 Å². The maximum absolute atomic E-state index is 12.8. The van der Waals surface area contributed by atoms with Gasteiger partial charge in [0.25, 0.3) is 11.5 Å². The van der Waals surface area contributed by atoms with Crippen LogP contribution in [0.25, 0.3) is 0 Å². The van der Waals surface area contributed by atoms with Crippen molar-refractivity contribution in [3.05, 3.63) is 63.3 Å². The van der Waals surface area contributed by atoms with E-state index in [4.69, 9.17) is 0 Å². The molecule has 1 aromatic carbocycles. The minimum absolute atomic E-state index is 0.171. The van der Waals surface area contributed by atoms with Crippen molar-refractivity contribution in [1.82, 2.24) is 19.8 Å². The van der Waals surface area contributed by atoms with Crippen LogP contribution in [0.4, 0.5) is 0 Å². The summed E-state index contributed by atoms with van der Waals surface area (Å²) < 4.78 is 0. The Bertz CT molecular complexity index is 942. The summed E-state index contributed by atoms with van der Waals surface area (Å²) in [5.74, 6) is 0.912. The molecule has 1 aliphatic heterocycles. The van der Waals surface area contributed by atoms with E-state index in [2.05, 4.69) is 39.1 Å². The lowest BCUT2D eigenvalue weighted by Crippen LogP contribution is -2.53. The number of H-pyrrole nitrogens is 1.